The summed E-state index contributed by atoms with van der Waals surface area (Å²) < 4.78 is 18.5. The molecule has 4 nitrogen and oxygen atoms in total. The summed E-state index contributed by atoms with van der Waals surface area (Å²) in [5.74, 6) is 1.93. The molecule has 0 bridgehead atoms. The molecule has 0 heterocycles. The third-order valence-electron chi connectivity index (χ3n) is 5.99. The molecular formula is C27H39BrNO3+. The van der Waals surface area contributed by atoms with Gasteiger partial charge in [-0.05, 0) is 86.1 Å². The summed E-state index contributed by atoms with van der Waals surface area (Å²) in [6.07, 6.45) is 7.23. The molecule has 32 heavy (non-hydrogen) atoms. The lowest BCUT2D eigenvalue weighted by atomic mass is 9.92. The minimum atomic E-state index is 0.601. The number of likely N-dealkylation sites (N-methyl/N-ethyl adjacent to an activating group) is 1. The number of ether oxygens (including phenoxy) is 3. The maximum atomic E-state index is 5.91. The molecule has 3 rings (SSSR count). The van der Waals surface area contributed by atoms with Crippen molar-refractivity contribution in [2.45, 2.75) is 45.1 Å². The molecular weight excluding hydrogens is 466 g/mol. The summed E-state index contributed by atoms with van der Waals surface area (Å²) in [5, 5.41) is 1.04. The van der Waals surface area contributed by atoms with Gasteiger partial charge in [0.05, 0.1) is 33.9 Å². The lowest BCUT2D eigenvalue weighted by Crippen LogP contribution is -2.41. The van der Waals surface area contributed by atoms with Crippen LogP contribution >= 0.6 is 15.9 Å². The molecule has 0 atom stereocenters. The molecule has 5 heteroatoms. The van der Waals surface area contributed by atoms with Gasteiger partial charge in [-0.25, -0.2) is 0 Å². The van der Waals surface area contributed by atoms with Crippen molar-refractivity contribution < 1.29 is 18.7 Å². The van der Waals surface area contributed by atoms with Gasteiger partial charge in [-0.1, -0.05) is 22.0 Å². The highest BCUT2D eigenvalue weighted by atomic mass is 79.9. The molecule has 1 aliphatic rings. The van der Waals surface area contributed by atoms with Crippen LogP contribution in [0, 0.1) is 0 Å². The van der Waals surface area contributed by atoms with Crippen molar-refractivity contribution in [2.24, 2.45) is 0 Å². The van der Waals surface area contributed by atoms with E-state index in [0.717, 1.165) is 60.5 Å². The minimum Gasteiger partial charge on any atom is -0.494 e. The number of aryl methyl sites for hydroxylation is 2. The van der Waals surface area contributed by atoms with Gasteiger partial charge in [-0.2, -0.15) is 0 Å². The summed E-state index contributed by atoms with van der Waals surface area (Å²) in [7, 11) is 4.50. The second kappa shape index (κ2) is 13.2. The third kappa shape index (κ3) is 8.76. The fourth-order valence-electron chi connectivity index (χ4n) is 4.08. The fourth-order valence-corrected chi connectivity index (χ4v) is 4.48. The van der Waals surface area contributed by atoms with Gasteiger partial charge in [0.15, 0.2) is 0 Å². The number of rotatable bonds is 14. The average molecular weight is 506 g/mol. The van der Waals surface area contributed by atoms with E-state index in [1.165, 1.54) is 42.4 Å². The molecule has 0 N–H and O–H groups in total. The predicted octanol–water partition coefficient (Wildman–Crippen LogP) is 5.79. The zero-order chi connectivity index (χ0) is 22.7. The quantitative estimate of drug-likeness (QED) is 0.185. The Morgan fingerprint density at radius 1 is 0.781 bits per heavy atom. The molecule has 0 amide bonds. The Balaban J connectivity index is 1.30. The van der Waals surface area contributed by atoms with Crippen LogP contribution in [0.5, 0.6) is 11.5 Å². The number of benzene rings is 2. The maximum absolute atomic E-state index is 5.91. The van der Waals surface area contributed by atoms with Crippen molar-refractivity contribution in [3.05, 3.63) is 59.2 Å². The van der Waals surface area contributed by atoms with Crippen LogP contribution in [0.3, 0.4) is 0 Å². The lowest BCUT2D eigenvalue weighted by Gasteiger charge is -2.29. The Morgan fingerprint density at radius 3 is 2.28 bits per heavy atom. The van der Waals surface area contributed by atoms with E-state index in [-0.39, 0.29) is 0 Å². The van der Waals surface area contributed by atoms with Crippen molar-refractivity contribution in [3.63, 3.8) is 0 Å². The van der Waals surface area contributed by atoms with Crippen molar-refractivity contribution >= 4 is 15.9 Å². The Hall–Kier alpha value is -1.56. The van der Waals surface area contributed by atoms with Crippen LogP contribution < -0.4 is 9.47 Å². The first-order chi connectivity index (χ1) is 15.6. The molecule has 0 spiro atoms. The van der Waals surface area contributed by atoms with Crippen molar-refractivity contribution in [1.82, 2.24) is 0 Å². The van der Waals surface area contributed by atoms with Crippen LogP contribution in [-0.4, -0.2) is 56.9 Å². The molecule has 0 aliphatic heterocycles. The van der Waals surface area contributed by atoms with Gasteiger partial charge in [0.1, 0.15) is 31.2 Å². The van der Waals surface area contributed by atoms with Crippen LogP contribution in [0.4, 0.5) is 0 Å². The standard InChI is InChI=1S/C27H39BrNO3/c1-29(2,22-23-9-12-26(13-10-23)31-17-6-5-15-28)16-18-30-19-20-32-27-14-11-24-7-3-4-8-25(24)21-27/h9-14,21H,3-8,15-20,22H2,1-2H3/q+1. The first-order valence-electron chi connectivity index (χ1n) is 12.0. The molecule has 0 radical (unpaired) electrons. The van der Waals surface area contributed by atoms with E-state index < -0.39 is 0 Å². The largest absolute Gasteiger partial charge is 0.494 e. The number of fused-ring (bicyclic) bond motifs is 1. The van der Waals surface area contributed by atoms with E-state index in [0.29, 0.717) is 13.2 Å². The van der Waals surface area contributed by atoms with E-state index in [4.69, 9.17) is 14.2 Å². The van der Waals surface area contributed by atoms with E-state index >= 15 is 0 Å². The van der Waals surface area contributed by atoms with Gasteiger partial charge in [-0.3, -0.25) is 0 Å². The summed E-state index contributed by atoms with van der Waals surface area (Å²) in [6.45, 7) is 4.67. The molecule has 2 aromatic carbocycles. The molecule has 0 aromatic heterocycles. The second-order valence-electron chi connectivity index (χ2n) is 9.30. The molecule has 0 unspecified atom stereocenters. The molecule has 0 saturated heterocycles. The van der Waals surface area contributed by atoms with Gasteiger partial charge < -0.3 is 18.7 Å². The van der Waals surface area contributed by atoms with Gasteiger partial charge in [-0.15, -0.1) is 0 Å². The van der Waals surface area contributed by atoms with E-state index in [1.807, 2.05) is 0 Å². The first kappa shape index (κ1) is 25.1. The summed E-state index contributed by atoms with van der Waals surface area (Å²) in [5.41, 5.74) is 4.27. The molecule has 176 valence electrons. The number of unbranched alkanes of at least 4 members (excludes halogenated alkanes) is 1. The van der Waals surface area contributed by atoms with Gasteiger partial charge in [0.25, 0.3) is 0 Å². The highest BCUT2D eigenvalue weighted by molar-refractivity contribution is 9.09. The molecule has 2 aromatic rings. The Labute approximate surface area is 202 Å². The smallest absolute Gasteiger partial charge is 0.119 e. The van der Waals surface area contributed by atoms with Crippen LogP contribution in [0.1, 0.15) is 42.4 Å². The molecule has 0 saturated carbocycles. The first-order valence-corrected chi connectivity index (χ1v) is 13.1. The summed E-state index contributed by atoms with van der Waals surface area (Å²) >= 11 is 3.45. The maximum Gasteiger partial charge on any atom is 0.119 e. The minimum absolute atomic E-state index is 0.601. The molecule has 1 aliphatic carbocycles. The Morgan fingerprint density at radius 2 is 1.50 bits per heavy atom. The van der Waals surface area contributed by atoms with Crippen LogP contribution in [-0.2, 0) is 24.1 Å². The molecule has 0 fully saturated rings. The van der Waals surface area contributed by atoms with Crippen LogP contribution in [0.25, 0.3) is 0 Å². The van der Waals surface area contributed by atoms with Crippen LogP contribution in [0.2, 0.25) is 0 Å². The predicted molar refractivity (Wildman–Crippen MR) is 135 cm³/mol. The zero-order valence-corrected chi connectivity index (χ0v) is 21.4. The van der Waals surface area contributed by atoms with Gasteiger partial charge >= 0.3 is 0 Å². The summed E-state index contributed by atoms with van der Waals surface area (Å²) in [4.78, 5) is 0. The average Bonchev–Trinajstić information content (AvgIpc) is 2.80. The monoisotopic (exact) mass is 504 g/mol. The fraction of sp³-hybridized carbons (Fsp3) is 0.556. The Kier molecular flexibility index (Phi) is 10.4. The lowest BCUT2D eigenvalue weighted by molar-refractivity contribution is -0.904. The number of quaternary nitrogens is 1. The van der Waals surface area contributed by atoms with E-state index in [9.17, 15) is 0 Å². The van der Waals surface area contributed by atoms with Gasteiger partial charge in [0, 0.05) is 10.9 Å². The summed E-state index contributed by atoms with van der Waals surface area (Å²) in [6, 6.07) is 15.1. The SMILES string of the molecule is C[N+](C)(CCOCCOc1ccc2c(c1)CCCC2)Cc1ccc(OCCCCBr)cc1. The van der Waals surface area contributed by atoms with Gasteiger partial charge in [0.2, 0.25) is 0 Å². The normalized spacial score (nSPS) is 13.6. The van der Waals surface area contributed by atoms with Crippen molar-refractivity contribution in [2.75, 3.05) is 52.4 Å². The number of alkyl halides is 1. The second-order valence-corrected chi connectivity index (χ2v) is 10.1. The number of hydrogen-bond donors (Lipinski definition) is 0. The Bertz CT molecular complexity index is 807. The number of hydrogen-bond acceptors (Lipinski definition) is 3. The van der Waals surface area contributed by atoms with Crippen LogP contribution in [0.15, 0.2) is 42.5 Å². The van der Waals surface area contributed by atoms with Crippen molar-refractivity contribution in [1.29, 1.82) is 0 Å². The zero-order valence-electron chi connectivity index (χ0n) is 19.8. The highest BCUT2D eigenvalue weighted by Gasteiger charge is 2.16. The number of halogens is 1. The van der Waals surface area contributed by atoms with E-state index in [2.05, 4.69) is 72.5 Å². The third-order valence-corrected chi connectivity index (χ3v) is 6.55. The van der Waals surface area contributed by atoms with E-state index in [1.54, 1.807) is 0 Å². The number of nitrogens with zero attached hydrogens (tertiary/aromatic N) is 1. The highest BCUT2D eigenvalue weighted by Crippen LogP contribution is 2.25. The van der Waals surface area contributed by atoms with Crippen molar-refractivity contribution in [3.8, 4) is 11.5 Å². The topological polar surface area (TPSA) is 27.7 Å².